The minimum atomic E-state index is -4.86. The molecule has 1 aromatic heterocycles. The van der Waals surface area contributed by atoms with Gasteiger partial charge in [-0.25, -0.2) is 13.2 Å². The average Bonchev–Trinajstić information content (AvgIpc) is 3.28. The number of hydrogen-bond acceptors (Lipinski definition) is 4. The van der Waals surface area contributed by atoms with Crippen molar-refractivity contribution in [2.24, 2.45) is 5.73 Å². The van der Waals surface area contributed by atoms with Gasteiger partial charge in [-0.1, -0.05) is 35.5 Å². The molecule has 2 N–H and O–H groups in total. The summed E-state index contributed by atoms with van der Waals surface area (Å²) in [6.45, 7) is 0. The molecule has 4 rings (SSSR count). The fraction of sp³-hybridized carbons (Fsp3) is 0.0455. The fourth-order valence-electron chi connectivity index (χ4n) is 3.26. The zero-order valence-electron chi connectivity index (χ0n) is 16.3. The topological polar surface area (TPSA) is 82.0 Å². The van der Waals surface area contributed by atoms with E-state index in [-0.39, 0.29) is 33.4 Å². The molecule has 0 aliphatic carbocycles. The maximum absolute atomic E-state index is 13.8. The summed E-state index contributed by atoms with van der Waals surface area (Å²) >= 11 is 0. The lowest BCUT2D eigenvalue weighted by Crippen LogP contribution is -2.12. The molecule has 0 saturated carbocycles. The van der Waals surface area contributed by atoms with Crippen molar-refractivity contribution in [3.05, 3.63) is 83.5 Å². The van der Waals surface area contributed by atoms with E-state index in [9.17, 15) is 31.1 Å². The summed E-state index contributed by atoms with van der Waals surface area (Å²) in [4.78, 5) is 15.3. The number of amides is 1. The maximum Gasteiger partial charge on any atom is 0.471 e. The van der Waals surface area contributed by atoms with Gasteiger partial charge in [-0.05, 0) is 46.5 Å². The van der Waals surface area contributed by atoms with E-state index in [1.54, 1.807) is 12.1 Å². The van der Waals surface area contributed by atoms with Gasteiger partial charge in [-0.3, -0.25) is 4.79 Å². The molecule has 1 amide bonds. The van der Waals surface area contributed by atoms with Crippen molar-refractivity contribution in [1.29, 1.82) is 0 Å². The van der Waals surface area contributed by atoms with E-state index in [4.69, 9.17) is 5.73 Å². The molecule has 0 atom stereocenters. The van der Waals surface area contributed by atoms with Crippen molar-refractivity contribution in [2.75, 3.05) is 0 Å². The molecule has 5 nitrogen and oxygen atoms in total. The van der Waals surface area contributed by atoms with E-state index in [2.05, 4.69) is 14.7 Å². The lowest BCUT2D eigenvalue weighted by atomic mass is 9.90. The van der Waals surface area contributed by atoms with E-state index in [0.29, 0.717) is 0 Å². The van der Waals surface area contributed by atoms with Crippen molar-refractivity contribution in [3.8, 4) is 33.6 Å². The van der Waals surface area contributed by atoms with E-state index >= 15 is 0 Å². The lowest BCUT2D eigenvalue weighted by Gasteiger charge is -2.14. The van der Waals surface area contributed by atoms with Gasteiger partial charge in [-0.15, -0.1) is 0 Å². The number of nitrogens with two attached hydrogens (primary N) is 1. The van der Waals surface area contributed by atoms with Crippen LogP contribution in [0.15, 0.2) is 59.1 Å². The summed E-state index contributed by atoms with van der Waals surface area (Å²) in [6.07, 6.45) is -4.86. The van der Waals surface area contributed by atoms with Gasteiger partial charge in [-0.2, -0.15) is 18.2 Å². The Balaban J connectivity index is 1.92. The van der Waals surface area contributed by atoms with Gasteiger partial charge < -0.3 is 10.3 Å². The summed E-state index contributed by atoms with van der Waals surface area (Å²) in [5, 5.41) is 3.31. The molecule has 4 aromatic rings. The first kappa shape index (κ1) is 22.1. The van der Waals surface area contributed by atoms with Crippen LogP contribution in [0.2, 0.25) is 0 Å². The molecule has 3 aromatic carbocycles. The van der Waals surface area contributed by atoms with Gasteiger partial charge in [0.2, 0.25) is 11.7 Å². The number of benzene rings is 3. The zero-order chi connectivity index (χ0) is 23.9. The molecular weight excluding hydrogens is 452 g/mol. The summed E-state index contributed by atoms with van der Waals surface area (Å²) in [5.74, 6) is -7.32. The van der Waals surface area contributed by atoms with Crippen LogP contribution >= 0.6 is 0 Å². The number of aromatic nitrogens is 2. The van der Waals surface area contributed by atoms with E-state index < -0.39 is 41.3 Å². The highest BCUT2D eigenvalue weighted by atomic mass is 19.4. The van der Waals surface area contributed by atoms with Crippen LogP contribution in [0.5, 0.6) is 0 Å². The van der Waals surface area contributed by atoms with Crippen LogP contribution < -0.4 is 5.73 Å². The molecule has 0 bridgehead atoms. The highest BCUT2D eigenvalue weighted by Gasteiger charge is 2.38. The Labute approximate surface area is 181 Å². The van der Waals surface area contributed by atoms with Gasteiger partial charge >= 0.3 is 12.1 Å². The second kappa shape index (κ2) is 8.08. The summed E-state index contributed by atoms with van der Waals surface area (Å²) in [6, 6.07) is 11.4. The average molecular weight is 463 g/mol. The van der Waals surface area contributed by atoms with Crippen molar-refractivity contribution in [2.45, 2.75) is 6.18 Å². The highest BCUT2D eigenvalue weighted by molar-refractivity contribution is 6.02. The molecule has 0 fully saturated rings. The van der Waals surface area contributed by atoms with Crippen molar-refractivity contribution in [3.63, 3.8) is 0 Å². The normalized spacial score (nSPS) is 11.6. The van der Waals surface area contributed by atoms with Crippen molar-refractivity contribution >= 4 is 5.91 Å². The summed E-state index contributed by atoms with van der Waals surface area (Å²) < 4.78 is 83.8. The lowest BCUT2D eigenvalue weighted by molar-refractivity contribution is -0.159. The Morgan fingerprint density at radius 3 is 2.06 bits per heavy atom. The van der Waals surface area contributed by atoms with E-state index in [0.717, 1.165) is 12.1 Å². The van der Waals surface area contributed by atoms with Crippen LogP contribution in [0, 0.1) is 17.5 Å². The number of hydrogen-bond donors (Lipinski definition) is 1. The first-order valence-electron chi connectivity index (χ1n) is 9.15. The summed E-state index contributed by atoms with van der Waals surface area (Å²) in [7, 11) is 0. The van der Waals surface area contributed by atoms with E-state index in [1.165, 1.54) is 30.3 Å². The molecule has 0 saturated heterocycles. The van der Waals surface area contributed by atoms with Gasteiger partial charge in [0.05, 0.1) is 0 Å². The second-order valence-corrected chi connectivity index (χ2v) is 6.84. The third-order valence-corrected chi connectivity index (χ3v) is 4.72. The molecule has 0 aliphatic heterocycles. The first-order chi connectivity index (χ1) is 15.6. The van der Waals surface area contributed by atoms with Crippen molar-refractivity contribution in [1.82, 2.24) is 10.1 Å². The van der Waals surface area contributed by atoms with Gasteiger partial charge in [0.1, 0.15) is 0 Å². The number of rotatable bonds is 4. The largest absolute Gasteiger partial charge is 0.471 e. The Hall–Kier alpha value is -4.15. The minimum absolute atomic E-state index is 0.0335. The highest BCUT2D eigenvalue weighted by Crippen LogP contribution is 2.37. The minimum Gasteiger partial charge on any atom is -0.366 e. The molecule has 11 heteroatoms. The SMILES string of the molecule is NC(=O)c1ccc(-c2noc(C(F)(F)F)n2)cc1-c1ccccc1-c1cc(F)c(F)c(F)c1. The third-order valence-electron chi connectivity index (χ3n) is 4.72. The molecule has 0 spiro atoms. The molecule has 0 unspecified atom stereocenters. The molecular formula is C22H11F6N3O2. The zero-order valence-corrected chi connectivity index (χ0v) is 16.3. The number of halogens is 6. The molecule has 33 heavy (non-hydrogen) atoms. The van der Waals surface area contributed by atoms with Gasteiger partial charge in [0.25, 0.3) is 0 Å². The predicted molar refractivity (Wildman–Crippen MR) is 104 cm³/mol. The number of nitrogens with zero attached hydrogens (tertiary/aromatic N) is 2. The van der Waals surface area contributed by atoms with Crippen LogP contribution in [0.25, 0.3) is 33.6 Å². The maximum atomic E-state index is 13.8. The van der Waals surface area contributed by atoms with E-state index in [1.807, 2.05) is 0 Å². The molecule has 0 radical (unpaired) electrons. The van der Waals surface area contributed by atoms with Crippen molar-refractivity contribution < 1.29 is 35.7 Å². The monoisotopic (exact) mass is 463 g/mol. The quantitative estimate of drug-likeness (QED) is 0.315. The van der Waals surface area contributed by atoms with Crippen LogP contribution in [0.3, 0.4) is 0 Å². The number of alkyl halides is 3. The van der Waals surface area contributed by atoms with Crippen LogP contribution in [-0.4, -0.2) is 16.0 Å². The number of primary amides is 1. The second-order valence-electron chi connectivity index (χ2n) is 6.84. The number of carbonyl (C=O) groups excluding carboxylic acids is 1. The number of carbonyl (C=O) groups is 1. The Morgan fingerprint density at radius 2 is 1.48 bits per heavy atom. The van der Waals surface area contributed by atoms with Crippen LogP contribution in [0.1, 0.15) is 16.2 Å². The van der Waals surface area contributed by atoms with Crippen LogP contribution in [-0.2, 0) is 6.18 Å². The fourth-order valence-corrected chi connectivity index (χ4v) is 3.26. The Kier molecular flexibility index (Phi) is 5.40. The Bertz CT molecular complexity index is 1360. The smallest absolute Gasteiger partial charge is 0.366 e. The third kappa shape index (κ3) is 4.16. The standard InChI is InChI=1S/C22H11F6N3O2/c23-16-8-11(9-17(24)18(16)25)12-3-1-2-4-13(12)15-7-10(5-6-14(15)19(29)32)20-30-21(33-31-20)22(26,27)28/h1-9H,(H2,29,32). The molecule has 1 heterocycles. The van der Waals surface area contributed by atoms with Gasteiger partial charge in [0, 0.05) is 11.1 Å². The molecule has 168 valence electrons. The predicted octanol–water partition coefficient (Wildman–Crippen LogP) is 5.61. The first-order valence-corrected chi connectivity index (χ1v) is 9.15. The van der Waals surface area contributed by atoms with Gasteiger partial charge in [0.15, 0.2) is 17.5 Å². The summed E-state index contributed by atoms with van der Waals surface area (Å²) in [5.41, 5.74) is 6.01. The molecule has 0 aliphatic rings. The Morgan fingerprint density at radius 1 is 0.848 bits per heavy atom. The van der Waals surface area contributed by atoms with Crippen LogP contribution in [0.4, 0.5) is 26.3 Å².